The molecular weight excluding hydrogens is 247 g/mol. The van der Waals surface area contributed by atoms with Crippen molar-refractivity contribution in [3.05, 3.63) is 0 Å². The molecule has 0 atom stereocenters. The topological polar surface area (TPSA) is 35.5 Å². The minimum absolute atomic E-state index is 0.0903. The summed E-state index contributed by atoms with van der Waals surface area (Å²) in [7, 11) is -1.96. The molecule has 0 saturated carbocycles. The molecule has 0 rings (SSSR count). The molecule has 0 unspecified atom stereocenters. The van der Waals surface area contributed by atoms with Crippen LogP contribution in [-0.2, 0) is 13.6 Å². The monoisotopic (exact) mass is 277 g/mol. The van der Waals surface area contributed by atoms with Gasteiger partial charge in [0.2, 0.25) is 0 Å². The molecule has 18 heavy (non-hydrogen) atoms. The summed E-state index contributed by atoms with van der Waals surface area (Å²) in [5.74, 6) is 0. The van der Waals surface area contributed by atoms with E-state index in [1.54, 1.807) is 0 Å². The Morgan fingerprint density at radius 2 is 1.00 bits per heavy atom. The average Bonchev–Trinajstić information content (AvgIpc) is 2.30. The maximum atomic E-state index is 11.9. The van der Waals surface area contributed by atoms with E-state index in [-0.39, 0.29) is 12.2 Å². The lowest BCUT2D eigenvalue weighted by molar-refractivity contribution is 0.110. The van der Waals surface area contributed by atoms with E-state index in [1.807, 2.05) is 0 Å². The largest absolute Gasteiger partial charge is 0.697 e. The van der Waals surface area contributed by atoms with Crippen LogP contribution in [0.4, 0.5) is 0 Å². The highest BCUT2D eigenvalue weighted by atomic mass is 31.1. The smallest absolute Gasteiger partial charge is 0.116 e. The van der Waals surface area contributed by atoms with Gasteiger partial charge < -0.3 is 0 Å². The molecule has 0 aliphatic rings. The quantitative estimate of drug-likeness (QED) is 0.435. The Labute approximate surface area is 114 Å². The molecule has 0 N–H and O–H groups in total. The molecule has 0 saturated heterocycles. The summed E-state index contributed by atoms with van der Waals surface area (Å²) in [5, 5.41) is 0. The highest BCUT2D eigenvalue weighted by molar-refractivity contribution is 7.33. The third kappa shape index (κ3) is 9.02. The standard InChI is InChI=1S/C14H30O3P/c1-5-9-13(10-6-2)16-18(15)17-14(11-7-3)12-8-4/h13-14H,5-12H2,1-4H3/q+1. The van der Waals surface area contributed by atoms with E-state index in [2.05, 4.69) is 27.7 Å². The summed E-state index contributed by atoms with van der Waals surface area (Å²) in [6.45, 7) is 8.49. The summed E-state index contributed by atoms with van der Waals surface area (Å²) >= 11 is 0. The SMILES string of the molecule is CCCC(CCC)O[P+](=O)OC(CCC)CCC. The first-order chi connectivity index (χ1) is 8.67. The van der Waals surface area contributed by atoms with Gasteiger partial charge in [0, 0.05) is 4.57 Å². The molecule has 0 aliphatic heterocycles. The summed E-state index contributed by atoms with van der Waals surface area (Å²) in [6.07, 6.45) is 8.26. The molecule has 0 aromatic carbocycles. The molecule has 0 heterocycles. The van der Waals surface area contributed by atoms with E-state index < -0.39 is 8.25 Å². The van der Waals surface area contributed by atoms with Gasteiger partial charge >= 0.3 is 8.25 Å². The lowest BCUT2D eigenvalue weighted by Gasteiger charge is -2.10. The van der Waals surface area contributed by atoms with E-state index in [0.717, 1.165) is 51.4 Å². The first-order valence-corrected chi connectivity index (χ1v) is 8.58. The van der Waals surface area contributed by atoms with Crippen LogP contribution in [0.15, 0.2) is 0 Å². The molecule has 108 valence electrons. The second-order valence-corrected chi connectivity index (χ2v) is 5.70. The Morgan fingerprint density at radius 1 is 0.722 bits per heavy atom. The fraction of sp³-hybridized carbons (Fsp3) is 1.00. The Hall–Kier alpha value is 0.0200. The van der Waals surface area contributed by atoms with Crippen LogP contribution in [0.3, 0.4) is 0 Å². The molecule has 0 spiro atoms. The highest BCUT2D eigenvalue weighted by Crippen LogP contribution is 2.33. The average molecular weight is 277 g/mol. The van der Waals surface area contributed by atoms with Crippen molar-refractivity contribution >= 4 is 8.25 Å². The van der Waals surface area contributed by atoms with Gasteiger partial charge in [-0.15, -0.1) is 9.05 Å². The van der Waals surface area contributed by atoms with Crippen LogP contribution in [0.5, 0.6) is 0 Å². The molecule has 3 nitrogen and oxygen atoms in total. The van der Waals surface area contributed by atoms with E-state index in [1.165, 1.54) is 0 Å². The zero-order chi connectivity index (χ0) is 13.8. The lowest BCUT2D eigenvalue weighted by Crippen LogP contribution is -2.12. The fourth-order valence-corrected chi connectivity index (χ4v) is 3.01. The third-order valence-corrected chi connectivity index (χ3v) is 3.85. The summed E-state index contributed by atoms with van der Waals surface area (Å²) in [5.41, 5.74) is 0. The molecule has 0 aromatic heterocycles. The molecular formula is C14H30O3P+. The first-order valence-electron chi connectivity index (χ1n) is 7.48. The van der Waals surface area contributed by atoms with Gasteiger partial charge in [-0.3, -0.25) is 0 Å². The van der Waals surface area contributed by atoms with Crippen molar-refractivity contribution < 1.29 is 13.6 Å². The van der Waals surface area contributed by atoms with Crippen molar-refractivity contribution in [1.82, 2.24) is 0 Å². The number of hydrogen-bond donors (Lipinski definition) is 0. The molecule has 0 radical (unpaired) electrons. The molecule has 0 fully saturated rings. The van der Waals surface area contributed by atoms with Crippen molar-refractivity contribution in [2.24, 2.45) is 0 Å². The van der Waals surface area contributed by atoms with Gasteiger partial charge in [0.25, 0.3) is 0 Å². The van der Waals surface area contributed by atoms with Crippen LogP contribution in [0.2, 0.25) is 0 Å². The van der Waals surface area contributed by atoms with Gasteiger partial charge in [-0.2, -0.15) is 0 Å². The molecule has 0 aliphatic carbocycles. The van der Waals surface area contributed by atoms with Crippen LogP contribution in [0, 0.1) is 0 Å². The number of rotatable bonds is 12. The molecule has 0 bridgehead atoms. The first kappa shape index (κ1) is 18.0. The van der Waals surface area contributed by atoms with Crippen LogP contribution in [0.1, 0.15) is 79.1 Å². The van der Waals surface area contributed by atoms with Gasteiger partial charge in [-0.1, -0.05) is 53.4 Å². The van der Waals surface area contributed by atoms with Gasteiger partial charge in [0.15, 0.2) is 0 Å². The maximum absolute atomic E-state index is 11.9. The van der Waals surface area contributed by atoms with Crippen LogP contribution < -0.4 is 0 Å². The van der Waals surface area contributed by atoms with Gasteiger partial charge in [-0.25, -0.2) is 0 Å². The molecule has 0 amide bonds. The zero-order valence-electron chi connectivity index (χ0n) is 12.5. The van der Waals surface area contributed by atoms with Crippen LogP contribution in [-0.4, -0.2) is 12.2 Å². The Morgan fingerprint density at radius 3 is 1.22 bits per heavy atom. The van der Waals surface area contributed by atoms with Crippen molar-refractivity contribution in [1.29, 1.82) is 0 Å². The predicted octanol–water partition coefficient (Wildman–Crippen LogP) is 5.61. The highest BCUT2D eigenvalue weighted by Gasteiger charge is 2.30. The van der Waals surface area contributed by atoms with E-state index in [4.69, 9.17) is 9.05 Å². The van der Waals surface area contributed by atoms with Gasteiger partial charge in [0.05, 0.1) is 0 Å². The summed E-state index contributed by atoms with van der Waals surface area (Å²) in [6, 6.07) is 0. The minimum atomic E-state index is -1.96. The normalized spacial score (nSPS) is 11.4. The molecule has 4 heteroatoms. The van der Waals surface area contributed by atoms with E-state index >= 15 is 0 Å². The second-order valence-electron chi connectivity index (χ2n) is 4.83. The van der Waals surface area contributed by atoms with Crippen molar-refractivity contribution in [2.75, 3.05) is 0 Å². The Kier molecular flexibility index (Phi) is 12.1. The lowest BCUT2D eigenvalue weighted by atomic mass is 10.1. The van der Waals surface area contributed by atoms with Crippen molar-refractivity contribution in [3.8, 4) is 0 Å². The van der Waals surface area contributed by atoms with Crippen molar-refractivity contribution in [2.45, 2.75) is 91.3 Å². The van der Waals surface area contributed by atoms with Crippen LogP contribution >= 0.6 is 8.25 Å². The number of hydrogen-bond acceptors (Lipinski definition) is 3. The van der Waals surface area contributed by atoms with Gasteiger partial charge in [0.1, 0.15) is 12.2 Å². The Balaban J connectivity index is 4.09. The Bertz CT molecular complexity index is 177. The van der Waals surface area contributed by atoms with E-state index in [0.29, 0.717) is 0 Å². The second kappa shape index (κ2) is 12.1. The van der Waals surface area contributed by atoms with Crippen molar-refractivity contribution in [3.63, 3.8) is 0 Å². The maximum Gasteiger partial charge on any atom is 0.697 e. The summed E-state index contributed by atoms with van der Waals surface area (Å²) < 4.78 is 22.9. The fourth-order valence-electron chi connectivity index (χ4n) is 2.06. The third-order valence-electron chi connectivity index (χ3n) is 2.91. The molecule has 0 aromatic rings. The predicted molar refractivity (Wildman–Crippen MR) is 77.0 cm³/mol. The zero-order valence-corrected chi connectivity index (χ0v) is 13.4. The van der Waals surface area contributed by atoms with Crippen LogP contribution in [0.25, 0.3) is 0 Å². The van der Waals surface area contributed by atoms with Gasteiger partial charge in [-0.05, 0) is 25.7 Å². The minimum Gasteiger partial charge on any atom is -0.116 e. The summed E-state index contributed by atoms with van der Waals surface area (Å²) in [4.78, 5) is 0. The van der Waals surface area contributed by atoms with E-state index in [9.17, 15) is 4.57 Å².